The molecular formula is C12H13BrN2OS. The molecule has 0 radical (unpaired) electrons. The van der Waals surface area contributed by atoms with Crippen molar-refractivity contribution in [2.75, 3.05) is 5.32 Å². The summed E-state index contributed by atoms with van der Waals surface area (Å²) in [5.41, 5.74) is 7.09. The minimum Gasteiger partial charge on any atom is -0.389 e. The molecule has 1 aliphatic rings. The Labute approximate surface area is 114 Å². The zero-order valence-corrected chi connectivity index (χ0v) is 11.6. The van der Waals surface area contributed by atoms with Gasteiger partial charge in [0.1, 0.15) is 4.99 Å². The van der Waals surface area contributed by atoms with Gasteiger partial charge in [0.15, 0.2) is 0 Å². The first kappa shape index (κ1) is 12.5. The van der Waals surface area contributed by atoms with Gasteiger partial charge in [-0.1, -0.05) is 18.6 Å². The summed E-state index contributed by atoms with van der Waals surface area (Å²) in [5, 5.41) is 2.91. The summed E-state index contributed by atoms with van der Waals surface area (Å²) in [5.74, 6) is 0.275. The molecule has 1 aliphatic carbocycles. The minimum atomic E-state index is 0.0972. The maximum Gasteiger partial charge on any atom is 0.227 e. The predicted molar refractivity (Wildman–Crippen MR) is 76.0 cm³/mol. The van der Waals surface area contributed by atoms with E-state index in [0.29, 0.717) is 4.99 Å². The van der Waals surface area contributed by atoms with Crippen LogP contribution in [0.2, 0.25) is 0 Å². The first-order chi connectivity index (χ1) is 8.08. The van der Waals surface area contributed by atoms with Crippen LogP contribution in [0, 0.1) is 5.92 Å². The zero-order valence-electron chi connectivity index (χ0n) is 9.20. The van der Waals surface area contributed by atoms with E-state index in [1.807, 2.05) is 18.2 Å². The van der Waals surface area contributed by atoms with Crippen LogP contribution in [0.4, 0.5) is 5.69 Å². The number of anilines is 1. The van der Waals surface area contributed by atoms with Gasteiger partial charge in [-0.25, -0.2) is 0 Å². The van der Waals surface area contributed by atoms with E-state index in [2.05, 4.69) is 21.2 Å². The van der Waals surface area contributed by atoms with E-state index in [4.69, 9.17) is 18.0 Å². The van der Waals surface area contributed by atoms with Crippen LogP contribution in [-0.4, -0.2) is 10.9 Å². The molecule has 1 aromatic carbocycles. The Kier molecular flexibility index (Phi) is 3.79. The predicted octanol–water partition coefficient (Wildman–Crippen LogP) is 2.82. The first-order valence-corrected chi connectivity index (χ1v) is 6.68. The molecule has 0 heterocycles. The molecule has 1 amide bonds. The highest BCUT2D eigenvalue weighted by atomic mass is 79.9. The number of hydrogen-bond acceptors (Lipinski definition) is 2. The van der Waals surface area contributed by atoms with Crippen LogP contribution < -0.4 is 11.1 Å². The average Bonchev–Trinajstić information content (AvgIpc) is 2.18. The van der Waals surface area contributed by atoms with Crippen LogP contribution in [0.15, 0.2) is 22.7 Å². The normalized spacial score (nSPS) is 15.1. The third-order valence-corrected chi connectivity index (χ3v) is 3.88. The Bertz CT molecular complexity index is 472. The highest BCUT2D eigenvalue weighted by molar-refractivity contribution is 9.10. The van der Waals surface area contributed by atoms with Crippen molar-refractivity contribution in [2.45, 2.75) is 19.3 Å². The number of nitrogens with one attached hydrogen (secondary N) is 1. The van der Waals surface area contributed by atoms with Crippen LogP contribution in [0.25, 0.3) is 0 Å². The number of thiocarbonyl (C=S) groups is 1. The number of nitrogens with two attached hydrogens (primary N) is 1. The van der Waals surface area contributed by atoms with Gasteiger partial charge >= 0.3 is 0 Å². The molecule has 0 saturated heterocycles. The summed E-state index contributed by atoms with van der Waals surface area (Å²) in [6.45, 7) is 0. The lowest BCUT2D eigenvalue weighted by Gasteiger charge is -2.24. The number of halogens is 1. The summed E-state index contributed by atoms with van der Waals surface area (Å²) in [4.78, 5) is 12.1. The van der Waals surface area contributed by atoms with Crippen LogP contribution in [0.5, 0.6) is 0 Å². The van der Waals surface area contributed by atoms with E-state index in [1.165, 1.54) is 0 Å². The fourth-order valence-corrected chi connectivity index (χ4v) is 2.28. The van der Waals surface area contributed by atoms with E-state index >= 15 is 0 Å². The van der Waals surface area contributed by atoms with Crippen LogP contribution >= 0.6 is 28.1 Å². The Balaban J connectivity index is 2.10. The third-order valence-electron chi connectivity index (χ3n) is 2.99. The van der Waals surface area contributed by atoms with Gasteiger partial charge in [-0.3, -0.25) is 4.79 Å². The maximum absolute atomic E-state index is 11.8. The van der Waals surface area contributed by atoms with Gasteiger partial charge in [-0.15, -0.1) is 0 Å². The smallest absolute Gasteiger partial charge is 0.227 e. The Morgan fingerprint density at radius 3 is 2.65 bits per heavy atom. The number of rotatable bonds is 3. The summed E-state index contributed by atoms with van der Waals surface area (Å²) in [6, 6.07) is 5.44. The molecule has 0 atom stereocenters. The lowest BCUT2D eigenvalue weighted by atomic mass is 9.85. The molecule has 1 fully saturated rings. The van der Waals surface area contributed by atoms with Crippen molar-refractivity contribution >= 4 is 44.7 Å². The fourth-order valence-electron chi connectivity index (χ4n) is 1.67. The van der Waals surface area contributed by atoms with Crippen molar-refractivity contribution in [3.05, 3.63) is 28.2 Å². The van der Waals surface area contributed by atoms with E-state index in [-0.39, 0.29) is 11.8 Å². The van der Waals surface area contributed by atoms with Gasteiger partial charge in [0.25, 0.3) is 0 Å². The molecule has 1 aromatic rings. The van der Waals surface area contributed by atoms with Crippen molar-refractivity contribution in [2.24, 2.45) is 11.7 Å². The molecule has 5 heteroatoms. The number of amides is 1. The van der Waals surface area contributed by atoms with E-state index in [9.17, 15) is 4.79 Å². The van der Waals surface area contributed by atoms with Crippen molar-refractivity contribution in [3.8, 4) is 0 Å². The monoisotopic (exact) mass is 312 g/mol. The fraction of sp³-hybridized carbons (Fsp3) is 0.333. The molecule has 17 heavy (non-hydrogen) atoms. The van der Waals surface area contributed by atoms with Crippen LogP contribution in [-0.2, 0) is 4.79 Å². The molecule has 1 saturated carbocycles. The van der Waals surface area contributed by atoms with Crippen molar-refractivity contribution in [1.82, 2.24) is 0 Å². The summed E-state index contributed by atoms with van der Waals surface area (Å²) < 4.78 is 0.801. The second-order valence-corrected chi connectivity index (χ2v) is 5.47. The van der Waals surface area contributed by atoms with Gasteiger partial charge < -0.3 is 11.1 Å². The van der Waals surface area contributed by atoms with Gasteiger partial charge in [0.2, 0.25) is 5.91 Å². The van der Waals surface area contributed by atoms with Gasteiger partial charge in [-0.05, 0) is 47.0 Å². The molecule has 90 valence electrons. The number of carbonyl (C=O) groups excluding carboxylic acids is 1. The van der Waals surface area contributed by atoms with Gasteiger partial charge in [-0.2, -0.15) is 0 Å². The SMILES string of the molecule is NC(=S)c1ccc(NC(=O)C2CCC2)c(Br)c1. The lowest BCUT2D eigenvalue weighted by molar-refractivity contribution is -0.122. The van der Waals surface area contributed by atoms with Crippen molar-refractivity contribution in [1.29, 1.82) is 0 Å². The molecule has 0 spiro atoms. The molecule has 3 N–H and O–H groups in total. The summed E-state index contributed by atoms with van der Waals surface area (Å²) in [6.07, 6.45) is 3.14. The molecule has 3 nitrogen and oxygen atoms in total. The topological polar surface area (TPSA) is 55.1 Å². The lowest BCUT2D eigenvalue weighted by Crippen LogP contribution is -2.28. The maximum atomic E-state index is 11.8. The number of hydrogen-bond donors (Lipinski definition) is 2. The second kappa shape index (κ2) is 5.14. The third kappa shape index (κ3) is 2.84. The van der Waals surface area contributed by atoms with Crippen molar-refractivity contribution < 1.29 is 4.79 Å². The van der Waals surface area contributed by atoms with E-state index in [1.54, 1.807) is 0 Å². The molecule has 2 rings (SSSR count). The Morgan fingerprint density at radius 1 is 1.47 bits per heavy atom. The Morgan fingerprint density at radius 2 is 2.18 bits per heavy atom. The molecule has 0 unspecified atom stereocenters. The van der Waals surface area contributed by atoms with Gasteiger partial charge in [0, 0.05) is 16.0 Å². The molecule has 0 aliphatic heterocycles. The largest absolute Gasteiger partial charge is 0.389 e. The summed E-state index contributed by atoms with van der Waals surface area (Å²) in [7, 11) is 0. The molecule has 0 bridgehead atoms. The first-order valence-electron chi connectivity index (χ1n) is 5.48. The van der Waals surface area contributed by atoms with Crippen molar-refractivity contribution in [3.63, 3.8) is 0 Å². The van der Waals surface area contributed by atoms with Crippen LogP contribution in [0.3, 0.4) is 0 Å². The molecular weight excluding hydrogens is 300 g/mol. The number of carbonyl (C=O) groups is 1. The average molecular weight is 313 g/mol. The van der Waals surface area contributed by atoms with Crippen LogP contribution in [0.1, 0.15) is 24.8 Å². The summed E-state index contributed by atoms with van der Waals surface area (Å²) >= 11 is 8.29. The highest BCUT2D eigenvalue weighted by Crippen LogP contribution is 2.29. The minimum absolute atomic E-state index is 0.0972. The van der Waals surface area contributed by atoms with E-state index in [0.717, 1.165) is 35.0 Å². The standard InChI is InChI=1S/C12H13BrN2OS/c13-9-6-8(11(14)17)4-5-10(9)15-12(16)7-2-1-3-7/h4-7H,1-3H2,(H2,14,17)(H,15,16). The highest BCUT2D eigenvalue weighted by Gasteiger charge is 2.25. The number of benzene rings is 1. The molecule has 0 aromatic heterocycles. The second-order valence-electron chi connectivity index (χ2n) is 4.18. The van der Waals surface area contributed by atoms with E-state index < -0.39 is 0 Å². The van der Waals surface area contributed by atoms with Gasteiger partial charge in [0.05, 0.1) is 5.69 Å². The quantitative estimate of drug-likeness (QED) is 0.844. The zero-order chi connectivity index (χ0) is 12.4. The Hall–Kier alpha value is -0.940.